The van der Waals surface area contributed by atoms with Gasteiger partial charge in [-0.1, -0.05) is 83.1 Å². The number of rotatable bonds is 13. The maximum atomic E-state index is 5.72. The molecule has 0 amide bonds. The van der Waals surface area contributed by atoms with Crippen LogP contribution in [0.4, 0.5) is 0 Å². The van der Waals surface area contributed by atoms with E-state index < -0.39 is 0 Å². The summed E-state index contributed by atoms with van der Waals surface area (Å²) in [5, 5.41) is 0. The largest absolute Gasteiger partial charge is 0.369 e. The average Bonchev–Trinajstić information content (AvgIpc) is 3.20. The topological polar surface area (TPSA) is 12.5 Å². The lowest BCUT2D eigenvalue weighted by molar-refractivity contribution is 0.358. The Labute approximate surface area is 126 Å². The number of epoxide rings is 1. The fourth-order valence-electron chi connectivity index (χ4n) is 2.61. The summed E-state index contributed by atoms with van der Waals surface area (Å²) in [4.78, 5) is 0. The van der Waals surface area contributed by atoms with E-state index in [1.165, 1.54) is 51.4 Å². The Balaban J connectivity index is 1.85. The lowest BCUT2D eigenvalue weighted by Crippen LogP contribution is -1.92. The summed E-state index contributed by atoms with van der Waals surface area (Å²) in [6.45, 7) is 4.45. The van der Waals surface area contributed by atoms with Crippen LogP contribution in [0.3, 0.4) is 0 Å². The van der Waals surface area contributed by atoms with Gasteiger partial charge in [0.05, 0.1) is 12.2 Å². The Morgan fingerprint density at radius 3 is 2.20 bits per heavy atom. The molecule has 0 N–H and O–H groups in total. The van der Waals surface area contributed by atoms with Crippen LogP contribution >= 0.6 is 0 Å². The third-order valence-corrected chi connectivity index (χ3v) is 3.99. The summed E-state index contributed by atoms with van der Waals surface area (Å²) < 4.78 is 5.72. The van der Waals surface area contributed by atoms with Crippen molar-refractivity contribution in [3.8, 4) is 0 Å². The molecule has 2 atom stereocenters. The second kappa shape index (κ2) is 12.2. The molecule has 0 saturated carbocycles. The van der Waals surface area contributed by atoms with Crippen LogP contribution in [0.15, 0.2) is 24.3 Å². The van der Waals surface area contributed by atoms with E-state index in [1.807, 2.05) is 0 Å². The van der Waals surface area contributed by atoms with Crippen LogP contribution < -0.4 is 0 Å². The Morgan fingerprint density at radius 2 is 1.45 bits per heavy atom. The third kappa shape index (κ3) is 9.36. The number of ether oxygens (including phenoxy) is 1. The van der Waals surface area contributed by atoms with Crippen LogP contribution in [0, 0.1) is 0 Å². The second-order valence-corrected chi connectivity index (χ2v) is 5.95. The van der Waals surface area contributed by atoms with E-state index in [0.29, 0.717) is 12.2 Å². The van der Waals surface area contributed by atoms with E-state index >= 15 is 0 Å². The van der Waals surface area contributed by atoms with E-state index in [4.69, 9.17) is 4.74 Å². The van der Waals surface area contributed by atoms with Crippen molar-refractivity contribution < 1.29 is 4.74 Å². The molecule has 1 nitrogen and oxygen atoms in total. The van der Waals surface area contributed by atoms with E-state index in [0.717, 1.165) is 19.3 Å². The third-order valence-electron chi connectivity index (χ3n) is 3.99. The Kier molecular flexibility index (Phi) is 10.7. The summed E-state index contributed by atoms with van der Waals surface area (Å²) in [7, 11) is 0. The van der Waals surface area contributed by atoms with Gasteiger partial charge in [0, 0.05) is 0 Å². The first-order valence-electron chi connectivity index (χ1n) is 8.84. The van der Waals surface area contributed by atoms with Crippen molar-refractivity contribution in [3.63, 3.8) is 0 Å². The zero-order chi connectivity index (χ0) is 14.5. The van der Waals surface area contributed by atoms with Gasteiger partial charge in [-0.2, -0.15) is 0 Å². The van der Waals surface area contributed by atoms with Gasteiger partial charge in [-0.15, -0.1) is 0 Å². The molecule has 1 aliphatic rings. The summed E-state index contributed by atoms with van der Waals surface area (Å²) in [6.07, 6.45) is 24.5. The minimum Gasteiger partial charge on any atom is -0.369 e. The van der Waals surface area contributed by atoms with Crippen molar-refractivity contribution in [2.45, 2.75) is 96.7 Å². The highest BCUT2D eigenvalue weighted by atomic mass is 16.6. The van der Waals surface area contributed by atoms with Crippen molar-refractivity contribution in [1.82, 2.24) is 0 Å². The quantitative estimate of drug-likeness (QED) is 0.222. The number of allylic oxidation sites excluding steroid dienone is 3. The molecule has 0 spiro atoms. The summed E-state index contributed by atoms with van der Waals surface area (Å²) in [5.74, 6) is 0. The van der Waals surface area contributed by atoms with Crippen molar-refractivity contribution >= 4 is 0 Å². The molecule has 1 saturated heterocycles. The first kappa shape index (κ1) is 17.5. The molecule has 0 bridgehead atoms. The van der Waals surface area contributed by atoms with Crippen LogP contribution in [0.25, 0.3) is 0 Å². The molecular weight excluding hydrogens is 244 g/mol. The van der Waals surface area contributed by atoms with Crippen molar-refractivity contribution in [2.24, 2.45) is 0 Å². The molecule has 1 fully saturated rings. The van der Waals surface area contributed by atoms with Crippen LogP contribution in [0.1, 0.15) is 84.5 Å². The monoisotopic (exact) mass is 278 g/mol. The van der Waals surface area contributed by atoms with Gasteiger partial charge in [-0.25, -0.2) is 0 Å². The number of hydrogen-bond acceptors (Lipinski definition) is 1. The summed E-state index contributed by atoms with van der Waals surface area (Å²) >= 11 is 0. The molecule has 0 radical (unpaired) electrons. The van der Waals surface area contributed by atoms with Crippen LogP contribution in [0.2, 0.25) is 0 Å². The lowest BCUT2D eigenvalue weighted by Gasteiger charge is -1.99. The molecule has 0 aromatic carbocycles. The number of unbranched alkanes of at least 4 members (excludes halogenated alkanes) is 6. The minimum absolute atomic E-state index is 0.529. The standard InChI is InChI=1S/C19H34O/c1-3-5-7-9-11-13-15-17-19-18(20-19)16-14-12-10-8-6-4-2/h6,8,12,14,18-19H,3-5,7,9-11,13,15-17H2,1-2H3/b8-6-,14-12-/t18-,19+/m1/s1. The van der Waals surface area contributed by atoms with Crippen LogP contribution in [-0.4, -0.2) is 12.2 Å². The van der Waals surface area contributed by atoms with Gasteiger partial charge in [0.15, 0.2) is 0 Å². The smallest absolute Gasteiger partial charge is 0.0876 e. The van der Waals surface area contributed by atoms with Gasteiger partial charge in [0.1, 0.15) is 0 Å². The summed E-state index contributed by atoms with van der Waals surface area (Å²) in [6, 6.07) is 0. The molecule has 0 unspecified atom stereocenters. The summed E-state index contributed by atoms with van der Waals surface area (Å²) in [5.41, 5.74) is 0. The molecule has 0 aliphatic carbocycles. The highest BCUT2D eigenvalue weighted by molar-refractivity contribution is 4.97. The predicted molar refractivity (Wildman–Crippen MR) is 89.1 cm³/mol. The molecule has 116 valence electrons. The fraction of sp³-hybridized carbons (Fsp3) is 0.789. The van der Waals surface area contributed by atoms with E-state index in [2.05, 4.69) is 38.2 Å². The zero-order valence-electron chi connectivity index (χ0n) is 13.7. The molecular formula is C19H34O. The van der Waals surface area contributed by atoms with E-state index in [-0.39, 0.29) is 0 Å². The zero-order valence-corrected chi connectivity index (χ0v) is 13.7. The Morgan fingerprint density at radius 1 is 0.750 bits per heavy atom. The second-order valence-electron chi connectivity index (χ2n) is 5.95. The first-order chi connectivity index (χ1) is 9.88. The molecule has 1 heteroatoms. The van der Waals surface area contributed by atoms with Crippen molar-refractivity contribution in [1.29, 1.82) is 0 Å². The highest BCUT2D eigenvalue weighted by Crippen LogP contribution is 2.30. The lowest BCUT2D eigenvalue weighted by atomic mass is 10.1. The van der Waals surface area contributed by atoms with Crippen LogP contribution in [0.5, 0.6) is 0 Å². The van der Waals surface area contributed by atoms with Gasteiger partial charge in [0.2, 0.25) is 0 Å². The molecule has 1 aliphatic heterocycles. The van der Waals surface area contributed by atoms with E-state index in [9.17, 15) is 0 Å². The normalized spacial score (nSPS) is 22.1. The molecule has 0 aromatic rings. The van der Waals surface area contributed by atoms with Crippen LogP contribution in [-0.2, 0) is 4.74 Å². The fourth-order valence-corrected chi connectivity index (χ4v) is 2.61. The van der Waals surface area contributed by atoms with Crippen molar-refractivity contribution in [3.05, 3.63) is 24.3 Å². The Bertz CT molecular complexity index is 267. The van der Waals surface area contributed by atoms with Gasteiger partial charge >= 0.3 is 0 Å². The predicted octanol–water partition coefficient (Wildman–Crippen LogP) is 6.20. The minimum atomic E-state index is 0.529. The maximum Gasteiger partial charge on any atom is 0.0876 e. The molecule has 20 heavy (non-hydrogen) atoms. The van der Waals surface area contributed by atoms with Gasteiger partial charge in [-0.3, -0.25) is 0 Å². The Hall–Kier alpha value is -0.560. The average molecular weight is 278 g/mol. The molecule has 0 aromatic heterocycles. The SMILES string of the molecule is CC/C=C\C/C=C\C[C@H]1O[C@H]1CCCCCCCCC. The maximum absolute atomic E-state index is 5.72. The van der Waals surface area contributed by atoms with Gasteiger partial charge in [-0.05, 0) is 25.7 Å². The van der Waals surface area contributed by atoms with Gasteiger partial charge in [0.25, 0.3) is 0 Å². The van der Waals surface area contributed by atoms with E-state index in [1.54, 1.807) is 0 Å². The number of hydrogen-bond donors (Lipinski definition) is 0. The highest BCUT2D eigenvalue weighted by Gasteiger charge is 2.36. The first-order valence-corrected chi connectivity index (χ1v) is 8.84. The molecule has 1 rings (SSSR count). The molecule has 1 heterocycles. The van der Waals surface area contributed by atoms with Crippen molar-refractivity contribution in [2.75, 3.05) is 0 Å². The van der Waals surface area contributed by atoms with Gasteiger partial charge < -0.3 is 4.74 Å².